The molecule has 3 atom stereocenters. The number of amides is 1. The Labute approximate surface area is 149 Å². The second-order valence-electron chi connectivity index (χ2n) is 9.29. The molecule has 3 unspecified atom stereocenters. The average molecular weight is 340 g/mol. The second-order valence-corrected chi connectivity index (χ2v) is 9.29. The SMILES string of the molecule is Cc1nc2c(c(N3CC4CN(C(=O)C5CC5(C)C)CC4C3)n1)CCC2. The monoisotopic (exact) mass is 340 g/mol. The van der Waals surface area contributed by atoms with E-state index in [1.807, 2.05) is 6.92 Å². The van der Waals surface area contributed by atoms with E-state index in [0.29, 0.717) is 17.7 Å². The van der Waals surface area contributed by atoms with E-state index in [0.717, 1.165) is 51.3 Å². The quantitative estimate of drug-likeness (QED) is 0.828. The van der Waals surface area contributed by atoms with Crippen molar-refractivity contribution in [2.75, 3.05) is 31.1 Å². The minimum Gasteiger partial charge on any atom is -0.356 e. The van der Waals surface area contributed by atoms with E-state index in [4.69, 9.17) is 4.98 Å². The molecule has 1 amide bonds. The zero-order valence-electron chi connectivity index (χ0n) is 15.6. The molecule has 25 heavy (non-hydrogen) atoms. The highest BCUT2D eigenvalue weighted by Gasteiger charge is 2.54. The topological polar surface area (TPSA) is 49.3 Å². The summed E-state index contributed by atoms with van der Waals surface area (Å²) in [6.07, 6.45) is 4.50. The van der Waals surface area contributed by atoms with Gasteiger partial charge in [-0.3, -0.25) is 4.79 Å². The van der Waals surface area contributed by atoms with Gasteiger partial charge in [0.25, 0.3) is 0 Å². The number of anilines is 1. The molecule has 2 aliphatic carbocycles. The average Bonchev–Trinajstić information content (AvgIpc) is 2.99. The van der Waals surface area contributed by atoms with Crippen LogP contribution in [0.5, 0.6) is 0 Å². The van der Waals surface area contributed by atoms with Gasteiger partial charge in [-0.1, -0.05) is 13.8 Å². The van der Waals surface area contributed by atoms with Crippen molar-refractivity contribution in [1.82, 2.24) is 14.9 Å². The van der Waals surface area contributed by atoms with Crippen molar-refractivity contribution in [3.05, 3.63) is 17.1 Å². The second kappa shape index (κ2) is 5.18. The van der Waals surface area contributed by atoms with Gasteiger partial charge in [-0.2, -0.15) is 0 Å². The van der Waals surface area contributed by atoms with Crippen LogP contribution >= 0.6 is 0 Å². The summed E-state index contributed by atoms with van der Waals surface area (Å²) in [6.45, 7) is 10.4. The van der Waals surface area contributed by atoms with Crippen molar-refractivity contribution in [2.45, 2.75) is 46.5 Å². The molecular formula is C20H28N4O. The number of hydrogen-bond acceptors (Lipinski definition) is 4. The third-order valence-electron chi connectivity index (χ3n) is 6.93. The molecule has 3 heterocycles. The molecule has 1 saturated carbocycles. The lowest BCUT2D eigenvalue weighted by molar-refractivity contribution is -0.132. The predicted octanol–water partition coefficient (Wildman–Crippen LogP) is 2.21. The van der Waals surface area contributed by atoms with Crippen molar-refractivity contribution in [3.8, 4) is 0 Å². The van der Waals surface area contributed by atoms with Crippen molar-refractivity contribution in [3.63, 3.8) is 0 Å². The van der Waals surface area contributed by atoms with Crippen LogP contribution < -0.4 is 4.90 Å². The number of carbonyl (C=O) groups is 1. The lowest BCUT2D eigenvalue weighted by atomic mass is 10.0. The van der Waals surface area contributed by atoms with Gasteiger partial charge in [-0.05, 0) is 38.0 Å². The number of rotatable bonds is 2. The van der Waals surface area contributed by atoms with Crippen LogP contribution in [0, 0.1) is 30.1 Å². The predicted molar refractivity (Wildman–Crippen MR) is 96.5 cm³/mol. The van der Waals surface area contributed by atoms with Gasteiger partial charge in [-0.15, -0.1) is 0 Å². The number of hydrogen-bond donors (Lipinski definition) is 0. The molecular weight excluding hydrogens is 312 g/mol. The summed E-state index contributed by atoms with van der Waals surface area (Å²) in [5.74, 6) is 3.99. The van der Waals surface area contributed by atoms with E-state index < -0.39 is 0 Å². The molecule has 134 valence electrons. The highest BCUT2D eigenvalue weighted by molar-refractivity contribution is 5.82. The zero-order valence-corrected chi connectivity index (χ0v) is 15.6. The summed E-state index contributed by atoms with van der Waals surface area (Å²) in [5, 5.41) is 0. The Bertz CT molecular complexity index is 729. The fourth-order valence-electron chi connectivity index (χ4n) is 5.25. The highest BCUT2D eigenvalue weighted by Crippen LogP contribution is 2.53. The first-order valence-corrected chi connectivity index (χ1v) is 9.82. The molecule has 3 fully saturated rings. The van der Waals surface area contributed by atoms with Gasteiger partial charge in [0.15, 0.2) is 0 Å². The van der Waals surface area contributed by atoms with Crippen LogP contribution in [0.15, 0.2) is 0 Å². The van der Waals surface area contributed by atoms with E-state index in [1.54, 1.807) is 0 Å². The van der Waals surface area contributed by atoms with Gasteiger partial charge in [0.1, 0.15) is 11.6 Å². The molecule has 0 spiro atoms. The van der Waals surface area contributed by atoms with Crippen LogP contribution in [-0.4, -0.2) is 47.0 Å². The molecule has 0 radical (unpaired) electrons. The molecule has 1 aromatic rings. The molecule has 5 heteroatoms. The molecule has 0 N–H and O–H groups in total. The molecule has 5 nitrogen and oxygen atoms in total. The van der Waals surface area contributed by atoms with Crippen LogP contribution in [-0.2, 0) is 17.6 Å². The maximum Gasteiger partial charge on any atom is 0.226 e. The van der Waals surface area contributed by atoms with Gasteiger partial charge in [0, 0.05) is 55.2 Å². The first-order chi connectivity index (χ1) is 11.9. The number of fused-ring (bicyclic) bond motifs is 2. The van der Waals surface area contributed by atoms with Crippen molar-refractivity contribution in [2.24, 2.45) is 23.2 Å². The third kappa shape index (κ3) is 2.46. The first-order valence-electron chi connectivity index (χ1n) is 9.82. The van der Waals surface area contributed by atoms with Gasteiger partial charge >= 0.3 is 0 Å². The third-order valence-corrected chi connectivity index (χ3v) is 6.93. The molecule has 4 aliphatic rings. The van der Waals surface area contributed by atoms with Crippen molar-refractivity contribution in [1.29, 1.82) is 0 Å². The Morgan fingerprint density at radius 3 is 2.40 bits per heavy atom. The highest BCUT2D eigenvalue weighted by atomic mass is 16.2. The number of carbonyl (C=O) groups excluding carboxylic acids is 1. The van der Waals surface area contributed by atoms with Gasteiger partial charge < -0.3 is 9.80 Å². The normalized spacial score (nSPS) is 32.0. The van der Waals surface area contributed by atoms with E-state index in [-0.39, 0.29) is 11.3 Å². The fraction of sp³-hybridized carbons (Fsp3) is 0.750. The standard InChI is InChI=1S/C20H28N4O/c1-12-21-17-6-4-5-15(17)18(22-12)23-8-13-10-24(11-14(13)9-23)19(25)16-7-20(16,2)3/h13-14,16H,4-11H2,1-3H3. The summed E-state index contributed by atoms with van der Waals surface area (Å²) >= 11 is 0. The van der Waals surface area contributed by atoms with Gasteiger partial charge in [0.2, 0.25) is 5.91 Å². The van der Waals surface area contributed by atoms with Crippen LogP contribution in [0.1, 0.15) is 43.8 Å². The van der Waals surface area contributed by atoms with Crippen LogP contribution in [0.25, 0.3) is 0 Å². The zero-order chi connectivity index (χ0) is 17.3. The van der Waals surface area contributed by atoms with Crippen molar-refractivity contribution >= 4 is 11.7 Å². The van der Waals surface area contributed by atoms with Gasteiger partial charge in [0.05, 0.1) is 0 Å². The molecule has 5 rings (SSSR count). The Kier molecular flexibility index (Phi) is 3.23. The number of nitrogens with zero attached hydrogens (tertiary/aromatic N) is 4. The Morgan fingerprint density at radius 1 is 1.08 bits per heavy atom. The van der Waals surface area contributed by atoms with E-state index in [9.17, 15) is 4.79 Å². The number of likely N-dealkylation sites (tertiary alicyclic amines) is 1. The number of aromatic nitrogens is 2. The summed E-state index contributed by atoms with van der Waals surface area (Å²) in [5.41, 5.74) is 2.89. The van der Waals surface area contributed by atoms with E-state index in [2.05, 4.69) is 28.6 Å². The largest absolute Gasteiger partial charge is 0.356 e. The minimum absolute atomic E-state index is 0.236. The Morgan fingerprint density at radius 2 is 1.76 bits per heavy atom. The summed E-state index contributed by atoms with van der Waals surface area (Å²) in [7, 11) is 0. The van der Waals surface area contributed by atoms with E-state index >= 15 is 0 Å². The molecule has 0 bridgehead atoms. The summed E-state index contributed by atoms with van der Waals surface area (Å²) < 4.78 is 0. The maximum absolute atomic E-state index is 12.7. The fourth-order valence-corrected chi connectivity index (χ4v) is 5.25. The molecule has 2 aliphatic heterocycles. The number of aryl methyl sites for hydroxylation is 2. The molecule has 0 aromatic carbocycles. The smallest absolute Gasteiger partial charge is 0.226 e. The lowest BCUT2D eigenvalue weighted by Gasteiger charge is -2.24. The van der Waals surface area contributed by atoms with E-state index in [1.165, 1.54) is 23.5 Å². The van der Waals surface area contributed by atoms with Gasteiger partial charge in [-0.25, -0.2) is 9.97 Å². The first kappa shape index (κ1) is 15.6. The van der Waals surface area contributed by atoms with Crippen LogP contribution in [0.4, 0.5) is 5.82 Å². The van der Waals surface area contributed by atoms with Crippen LogP contribution in [0.3, 0.4) is 0 Å². The minimum atomic E-state index is 0.236. The van der Waals surface area contributed by atoms with Crippen molar-refractivity contribution < 1.29 is 4.79 Å². The molecule has 1 aromatic heterocycles. The Balaban J connectivity index is 1.30. The molecule has 2 saturated heterocycles. The lowest BCUT2D eigenvalue weighted by Crippen LogP contribution is -2.35. The Hall–Kier alpha value is -1.65. The maximum atomic E-state index is 12.7. The van der Waals surface area contributed by atoms with Crippen LogP contribution in [0.2, 0.25) is 0 Å². The summed E-state index contributed by atoms with van der Waals surface area (Å²) in [6, 6.07) is 0. The summed E-state index contributed by atoms with van der Waals surface area (Å²) in [4.78, 5) is 26.8.